The number of hydrogen-bond acceptors (Lipinski definition) is 3. The molecule has 15 heavy (non-hydrogen) atoms. The van der Waals surface area contributed by atoms with Crippen molar-refractivity contribution in [1.29, 1.82) is 0 Å². The Bertz CT molecular complexity index is 473. The minimum absolute atomic E-state index is 0.00231. The van der Waals surface area contributed by atoms with Crippen molar-refractivity contribution in [3.05, 3.63) is 29.6 Å². The summed E-state index contributed by atoms with van der Waals surface area (Å²) in [6.07, 6.45) is 0. The molecule has 0 aromatic heterocycles. The standard InChI is InChI=1S/C10H13FO2S2/c1-7-4-5-8(11)6-9(7)15(12,13)10(2,3)14/h4-6,14H,1-3H3. The van der Waals surface area contributed by atoms with Gasteiger partial charge in [-0.3, -0.25) is 0 Å². The van der Waals surface area contributed by atoms with E-state index >= 15 is 0 Å². The Hall–Kier alpha value is -0.550. The molecular formula is C10H13FO2S2. The van der Waals surface area contributed by atoms with Gasteiger partial charge in [0, 0.05) is 0 Å². The highest BCUT2D eigenvalue weighted by atomic mass is 32.2. The van der Waals surface area contributed by atoms with Gasteiger partial charge in [-0.2, -0.15) is 12.6 Å². The summed E-state index contributed by atoms with van der Waals surface area (Å²) in [6.45, 7) is 4.57. The summed E-state index contributed by atoms with van der Waals surface area (Å²) in [7, 11) is -3.61. The highest BCUT2D eigenvalue weighted by Gasteiger charge is 2.33. The summed E-state index contributed by atoms with van der Waals surface area (Å²) in [6, 6.07) is 3.71. The van der Waals surface area contributed by atoms with E-state index in [9.17, 15) is 12.8 Å². The van der Waals surface area contributed by atoms with E-state index in [0.29, 0.717) is 5.56 Å². The number of thiol groups is 1. The van der Waals surface area contributed by atoms with Crippen molar-refractivity contribution in [2.75, 3.05) is 0 Å². The van der Waals surface area contributed by atoms with Crippen LogP contribution in [-0.4, -0.2) is 12.5 Å². The van der Waals surface area contributed by atoms with E-state index in [0.717, 1.165) is 6.07 Å². The molecule has 0 bridgehead atoms. The SMILES string of the molecule is Cc1ccc(F)cc1S(=O)(=O)C(C)(C)S. The first-order valence-electron chi connectivity index (χ1n) is 4.39. The van der Waals surface area contributed by atoms with Crippen LogP contribution in [0.2, 0.25) is 0 Å². The fourth-order valence-corrected chi connectivity index (χ4v) is 2.73. The van der Waals surface area contributed by atoms with Gasteiger partial charge in [-0.25, -0.2) is 12.8 Å². The van der Waals surface area contributed by atoms with Crippen molar-refractivity contribution >= 4 is 22.5 Å². The first kappa shape index (κ1) is 12.5. The maximum absolute atomic E-state index is 13.0. The van der Waals surface area contributed by atoms with Crippen LogP contribution >= 0.6 is 12.6 Å². The van der Waals surface area contributed by atoms with E-state index in [1.807, 2.05) is 0 Å². The quantitative estimate of drug-likeness (QED) is 0.816. The molecule has 0 amide bonds. The van der Waals surface area contributed by atoms with Crippen LogP contribution in [0, 0.1) is 12.7 Å². The van der Waals surface area contributed by atoms with Crippen LogP contribution in [-0.2, 0) is 9.84 Å². The summed E-state index contributed by atoms with van der Waals surface area (Å²) in [5.74, 6) is -0.559. The zero-order chi connectivity index (χ0) is 11.9. The van der Waals surface area contributed by atoms with Crippen LogP contribution in [0.25, 0.3) is 0 Å². The summed E-state index contributed by atoms with van der Waals surface area (Å²) < 4.78 is 35.7. The maximum Gasteiger partial charge on any atom is 0.192 e. The van der Waals surface area contributed by atoms with E-state index < -0.39 is 19.7 Å². The molecule has 0 saturated heterocycles. The van der Waals surface area contributed by atoms with Crippen molar-refractivity contribution < 1.29 is 12.8 Å². The third-order valence-corrected chi connectivity index (χ3v) is 5.15. The molecule has 1 aromatic rings. The molecule has 0 fully saturated rings. The van der Waals surface area contributed by atoms with Crippen LogP contribution in [0.15, 0.2) is 23.1 Å². The smallest absolute Gasteiger partial charge is 0.192 e. The predicted molar refractivity (Wildman–Crippen MR) is 61.4 cm³/mol. The van der Waals surface area contributed by atoms with Gasteiger partial charge in [0.1, 0.15) is 9.90 Å². The van der Waals surface area contributed by atoms with Gasteiger partial charge in [0.2, 0.25) is 0 Å². The fraction of sp³-hybridized carbons (Fsp3) is 0.400. The van der Waals surface area contributed by atoms with Crippen molar-refractivity contribution in [2.45, 2.75) is 29.7 Å². The molecule has 0 N–H and O–H groups in total. The van der Waals surface area contributed by atoms with E-state index in [-0.39, 0.29) is 4.90 Å². The van der Waals surface area contributed by atoms with Crippen LogP contribution in [0.3, 0.4) is 0 Å². The molecule has 0 aliphatic heterocycles. The molecule has 84 valence electrons. The van der Waals surface area contributed by atoms with Gasteiger partial charge in [-0.05, 0) is 38.5 Å². The normalized spacial score (nSPS) is 12.9. The van der Waals surface area contributed by atoms with Gasteiger partial charge in [-0.1, -0.05) is 6.07 Å². The lowest BCUT2D eigenvalue weighted by Crippen LogP contribution is -2.26. The lowest BCUT2D eigenvalue weighted by Gasteiger charge is -2.19. The number of aryl methyl sites for hydroxylation is 1. The van der Waals surface area contributed by atoms with Gasteiger partial charge in [0.25, 0.3) is 0 Å². The number of hydrogen-bond donors (Lipinski definition) is 1. The molecular weight excluding hydrogens is 235 g/mol. The maximum atomic E-state index is 13.0. The molecule has 1 rings (SSSR count). The van der Waals surface area contributed by atoms with Gasteiger partial charge < -0.3 is 0 Å². The average Bonchev–Trinajstić information content (AvgIpc) is 2.07. The second-order valence-electron chi connectivity index (χ2n) is 3.86. The largest absolute Gasteiger partial charge is 0.222 e. The topological polar surface area (TPSA) is 34.1 Å². The van der Waals surface area contributed by atoms with Crippen molar-refractivity contribution in [3.8, 4) is 0 Å². The highest BCUT2D eigenvalue weighted by molar-refractivity contribution is 8.06. The zero-order valence-electron chi connectivity index (χ0n) is 8.78. The minimum Gasteiger partial charge on any atom is -0.222 e. The van der Waals surface area contributed by atoms with Crippen LogP contribution in [0.5, 0.6) is 0 Å². The Kier molecular flexibility index (Phi) is 3.16. The number of sulfone groups is 1. The Balaban J connectivity index is 3.47. The van der Waals surface area contributed by atoms with Gasteiger partial charge in [-0.15, -0.1) is 0 Å². The number of benzene rings is 1. The predicted octanol–water partition coefficient (Wildman–Crippen LogP) is 2.57. The number of halogens is 1. The summed E-state index contributed by atoms with van der Waals surface area (Å²) in [5, 5.41) is 0. The third-order valence-electron chi connectivity index (χ3n) is 2.10. The Morgan fingerprint density at radius 1 is 1.33 bits per heavy atom. The van der Waals surface area contributed by atoms with Gasteiger partial charge in [0.05, 0.1) is 4.90 Å². The van der Waals surface area contributed by atoms with Gasteiger partial charge in [0.15, 0.2) is 9.84 Å². The second kappa shape index (κ2) is 3.79. The molecule has 0 unspecified atom stereocenters. The Morgan fingerprint density at radius 3 is 2.33 bits per heavy atom. The molecule has 0 aliphatic carbocycles. The monoisotopic (exact) mass is 248 g/mol. The third kappa shape index (κ3) is 2.34. The fourth-order valence-electron chi connectivity index (χ4n) is 1.13. The van der Waals surface area contributed by atoms with Crippen LogP contribution < -0.4 is 0 Å². The summed E-state index contributed by atoms with van der Waals surface area (Å²) in [5.41, 5.74) is 0.526. The Labute approximate surface area is 94.8 Å². The lowest BCUT2D eigenvalue weighted by molar-refractivity contribution is 0.578. The van der Waals surface area contributed by atoms with Crippen molar-refractivity contribution in [3.63, 3.8) is 0 Å². The second-order valence-corrected chi connectivity index (χ2v) is 7.75. The lowest BCUT2D eigenvalue weighted by atomic mass is 10.2. The van der Waals surface area contributed by atoms with Crippen molar-refractivity contribution in [2.24, 2.45) is 0 Å². The highest BCUT2D eigenvalue weighted by Crippen LogP contribution is 2.30. The molecule has 0 heterocycles. The molecule has 0 aliphatic rings. The molecule has 0 saturated carbocycles. The molecule has 0 radical (unpaired) electrons. The van der Waals surface area contributed by atoms with Crippen LogP contribution in [0.1, 0.15) is 19.4 Å². The summed E-state index contributed by atoms with van der Waals surface area (Å²) >= 11 is 4.02. The first-order valence-corrected chi connectivity index (χ1v) is 6.32. The molecule has 5 heteroatoms. The van der Waals surface area contributed by atoms with Crippen molar-refractivity contribution in [1.82, 2.24) is 0 Å². The van der Waals surface area contributed by atoms with E-state index in [2.05, 4.69) is 12.6 Å². The average molecular weight is 248 g/mol. The first-order chi connectivity index (χ1) is 6.66. The number of rotatable bonds is 2. The van der Waals surface area contributed by atoms with Crippen LogP contribution in [0.4, 0.5) is 4.39 Å². The van der Waals surface area contributed by atoms with E-state index in [1.165, 1.54) is 26.0 Å². The Morgan fingerprint density at radius 2 is 1.87 bits per heavy atom. The zero-order valence-corrected chi connectivity index (χ0v) is 10.5. The van der Waals surface area contributed by atoms with E-state index in [1.54, 1.807) is 6.92 Å². The molecule has 2 nitrogen and oxygen atoms in total. The van der Waals surface area contributed by atoms with E-state index in [4.69, 9.17) is 0 Å². The summed E-state index contributed by atoms with van der Waals surface area (Å²) in [4.78, 5) is 0.00231. The molecule has 1 aromatic carbocycles. The molecule has 0 spiro atoms. The molecule has 0 atom stereocenters. The minimum atomic E-state index is -3.61. The van der Waals surface area contributed by atoms with Gasteiger partial charge >= 0.3 is 0 Å².